The molecule has 0 aromatic carbocycles. The molecular weight excluding hydrogens is 247 g/mol. The molecule has 5 nitrogen and oxygen atoms in total. The topological polar surface area (TPSA) is 76.1 Å². The van der Waals surface area contributed by atoms with Gasteiger partial charge in [-0.1, -0.05) is 0 Å². The third kappa shape index (κ3) is 4.90. The van der Waals surface area contributed by atoms with Crippen LogP contribution in [-0.4, -0.2) is 37.9 Å². The first-order chi connectivity index (χ1) is 7.90. The average molecular weight is 260 g/mol. The van der Waals surface area contributed by atoms with Crippen LogP contribution in [0.1, 0.15) is 16.8 Å². The molecule has 1 heterocycles. The van der Waals surface area contributed by atoms with Crippen molar-refractivity contribution in [1.82, 2.24) is 10.3 Å². The van der Waals surface area contributed by atoms with Crippen molar-refractivity contribution < 1.29 is 17.6 Å². The normalized spacial score (nSPS) is 11.2. The van der Waals surface area contributed by atoms with Crippen molar-refractivity contribution in [3.05, 3.63) is 29.8 Å². The van der Waals surface area contributed by atoms with Crippen molar-refractivity contribution in [2.45, 2.75) is 6.42 Å². The number of sulfone groups is 1. The number of rotatable bonds is 5. The summed E-state index contributed by atoms with van der Waals surface area (Å²) < 4.78 is 34.7. The zero-order valence-corrected chi connectivity index (χ0v) is 10.1. The van der Waals surface area contributed by atoms with Crippen LogP contribution in [0.25, 0.3) is 0 Å². The quantitative estimate of drug-likeness (QED) is 0.613. The zero-order valence-electron chi connectivity index (χ0n) is 9.31. The first kappa shape index (κ1) is 13.6. The molecule has 0 atom stereocenters. The molecule has 0 radical (unpaired) electrons. The Morgan fingerprint density at radius 3 is 2.82 bits per heavy atom. The molecule has 0 aliphatic carbocycles. The summed E-state index contributed by atoms with van der Waals surface area (Å²) in [5.74, 6) is -1.44. The molecule has 0 saturated carbocycles. The second-order valence-corrected chi connectivity index (χ2v) is 5.84. The maximum absolute atomic E-state index is 13.1. The number of aromatic nitrogens is 1. The van der Waals surface area contributed by atoms with Gasteiger partial charge in [0.15, 0.2) is 0 Å². The highest BCUT2D eigenvalue weighted by Gasteiger charge is 2.11. The fourth-order valence-corrected chi connectivity index (χ4v) is 1.86. The third-order valence-electron chi connectivity index (χ3n) is 1.98. The smallest absolute Gasteiger partial charge is 0.255 e. The molecular formula is C10H13FN2O3S. The van der Waals surface area contributed by atoms with Crippen molar-refractivity contribution in [1.29, 1.82) is 0 Å². The highest BCUT2D eigenvalue weighted by atomic mass is 32.2. The lowest BCUT2D eigenvalue weighted by Gasteiger charge is -2.04. The van der Waals surface area contributed by atoms with E-state index in [1.807, 2.05) is 0 Å². The molecule has 94 valence electrons. The van der Waals surface area contributed by atoms with Crippen molar-refractivity contribution in [2.75, 3.05) is 18.6 Å². The summed E-state index contributed by atoms with van der Waals surface area (Å²) in [5, 5.41) is 2.43. The standard InChI is InChI=1S/C10H13FN2O3S/c1-17(15,16)7-3-6-13-10(14)8-4-2-5-12-9(8)11/h2,4-5H,3,6-7H2,1H3,(H,13,14). The van der Waals surface area contributed by atoms with Gasteiger partial charge in [-0.25, -0.2) is 13.4 Å². The van der Waals surface area contributed by atoms with Gasteiger partial charge >= 0.3 is 0 Å². The first-order valence-corrected chi connectivity index (χ1v) is 7.02. The SMILES string of the molecule is CS(=O)(=O)CCCNC(=O)c1cccnc1F. The highest BCUT2D eigenvalue weighted by molar-refractivity contribution is 7.90. The predicted molar refractivity (Wildman–Crippen MR) is 60.9 cm³/mol. The maximum atomic E-state index is 13.1. The van der Waals surface area contributed by atoms with Gasteiger partial charge in [-0.2, -0.15) is 4.39 Å². The summed E-state index contributed by atoms with van der Waals surface area (Å²) in [4.78, 5) is 14.8. The number of nitrogens with one attached hydrogen (secondary N) is 1. The van der Waals surface area contributed by atoms with Crippen LogP contribution in [0, 0.1) is 5.95 Å². The van der Waals surface area contributed by atoms with Crippen molar-refractivity contribution in [3.63, 3.8) is 0 Å². The third-order valence-corrected chi connectivity index (χ3v) is 3.01. The van der Waals surface area contributed by atoms with Gasteiger partial charge in [0.25, 0.3) is 5.91 Å². The number of pyridine rings is 1. The number of carbonyl (C=O) groups excluding carboxylic acids is 1. The number of hydrogen-bond acceptors (Lipinski definition) is 4. The van der Waals surface area contributed by atoms with Crippen LogP contribution in [0.5, 0.6) is 0 Å². The summed E-state index contributed by atoms with van der Waals surface area (Å²) in [7, 11) is -3.03. The summed E-state index contributed by atoms with van der Waals surface area (Å²) in [6.45, 7) is 0.181. The molecule has 0 spiro atoms. The van der Waals surface area contributed by atoms with E-state index in [0.29, 0.717) is 6.42 Å². The van der Waals surface area contributed by atoms with E-state index >= 15 is 0 Å². The number of carbonyl (C=O) groups is 1. The second-order valence-electron chi connectivity index (χ2n) is 3.58. The predicted octanol–water partition coefficient (Wildman–Crippen LogP) is 0.385. The van der Waals surface area contributed by atoms with E-state index in [-0.39, 0.29) is 17.9 Å². The van der Waals surface area contributed by atoms with Crippen LogP contribution in [0.3, 0.4) is 0 Å². The zero-order chi connectivity index (χ0) is 12.9. The van der Waals surface area contributed by atoms with E-state index in [9.17, 15) is 17.6 Å². The van der Waals surface area contributed by atoms with Gasteiger partial charge in [-0.15, -0.1) is 0 Å². The van der Waals surface area contributed by atoms with Gasteiger partial charge in [-0.05, 0) is 18.6 Å². The Bertz CT molecular complexity index is 502. The Balaban J connectivity index is 2.44. The van der Waals surface area contributed by atoms with Crippen molar-refractivity contribution >= 4 is 15.7 Å². The number of halogens is 1. The van der Waals surface area contributed by atoms with Crippen LogP contribution in [-0.2, 0) is 9.84 Å². The van der Waals surface area contributed by atoms with Gasteiger partial charge in [0.1, 0.15) is 9.84 Å². The fraction of sp³-hybridized carbons (Fsp3) is 0.400. The highest BCUT2D eigenvalue weighted by Crippen LogP contribution is 2.02. The Kier molecular flexibility index (Phi) is 4.56. The molecule has 7 heteroatoms. The Labute approximate surface area is 99.0 Å². The van der Waals surface area contributed by atoms with Crippen LogP contribution in [0.4, 0.5) is 4.39 Å². The van der Waals surface area contributed by atoms with E-state index in [2.05, 4.69) is 10.3 Å². The molecule has 17 heavy (non-hydrogen) atoms. The molecule has 0 aliphatic rings. The molecule has 0 saturated heterocycles. The Morgan fingerprint density at radius 1 is 1.53 bits per heavy atom. The number of nitrogens with zero attached hydrogens (tertiary/aromatic N) is 1. The molecule has 1 N–H and O–H groups in total. The lowest BCUT2D eigenvalue weighted by molar-refractivity contribution is 0.0948. The van der Waals surface area contributed by atoms with Gasteiger partial charge < -0.3 is 5.32 Å². The van der Waals surface area contributed by atoms with Crippen LogP contribution < -0.4 is 5.32 Å². The molecule has 1 amide bonds. The van der Waals surface area contributed by atoms with E-state index in [1.54, 1.807) is 0 Å². The minimum Gasteiger partial charge on any atom is -0.352 e. The molecule has 0 fully saturated rings. The average Bonchev–Trinajstić information content (AvgIpc) is 2.23. The number of hydrogen-bond donors (Lipinski definition) is 1. The summed E-state index contributed by atoms with van der Waals surface area (Å²) in [6, 6.07) is 2.77. The summed E-state index contributed by atoms with van der Waals surface area (Å²) in [5.41, 5.74) is -0.146. The number of amides is 1. The fourth-order valence-electron chi connectivity index (χ4n) is 1.19. The van der Waals surface area contributed by atoms with E-state index in [4.69, 9.17) is 0 Å². The molecule has 0 aliphatic heterocycles. The maximum Gasteiger partial charge on any atom is 0.255 e. The molecule has 0 bridgehead atoms. The lowest BCUT2D eigenvalue weighted by Crippen LogP contribution is -2.26. The minimum absolute atomic E-state index is 0.0111. The second kappa shape index (κ2) is 5.72. The Morgan fingerprint density at radius 2 is 2.24 bits per heavy atom. The first-order valence-electron chi connectivity index (χ1n) is 4.96. The van der Waals surface area contributed by atoms with E-state index in [0.717, 1.165) is 6.26 Å². The minimum atomic E-state index is -3.03. The lowest BCUT2D eigenvalue weighted by atomic mass is 10.2. The van der Waals surface area contributed by atoms with E-state index in [1.165, 1.54) is 18.3 Å². The van der Waals surface area contributed by atoms with Crippen LogP contribution in [0.15, 0.2) is 18.3 Å². The van der Waals surface area contributed by atoms with Crippen molar-refractivity contribution in [3.8, 4) is 0 Å². The van der Waals surface area contributed by atoms with Gasteiger partial charge in [0.05, 0.1) is 11.3 Å². The molecule has 1 aromatic heterocycles. The van der Waals surface area contributed by atoms with Gasteiger partial charge in [0, 0.05) is 19.0 Å². The van der Waals surface area contributed by atoms with Crippen LogP contribution >= 0.6 is 0 Å². The monoisotopic (exact) mass is 260 g/mol. The summed E-state index contributed by atoms with van der Waals surface area (Å²) in [6.07, 6.45) is 2.66. The molecule has 1 aromatic rings. The Hall–Kier alpha value is -1.50. The molecule has 1 rings (SSSR count). The van der Waals surface area contributed by atoms with Gasteiger partial charge in [0.2, 0.25) is 5.95 Å². The largest absolute Gasteiger partial charge is 0.352 e. The van der Waals surface area contributed by atoms with Crippen LogP contribution in [0.2, 0.25) is 0 Å². The summed E-state index contributed by atoms with van der Waals surface area (Å²) >= 11 is 0. The molecule has 0 unspecified atom stereocenters. The van der Waals surface area contributed by atoms with E-state index < -0.39 is 21.7 Å². The van der Waals surface area contributed by atoms with Gasteiger partial charge in [-0.3, -0.25) is 4.79 Å². The van der Waals surface area contributed by atoms with Crippen molar-refractivity contribution in [2.24, 2.45) is 0 Å².